The molecule has 3 saturated heterocycles. The van der Waals surface area contributed by atoms with Crippen LogP contribution in [0.1, 0.15) is 46.0 Å². The lowest BCUT2D eigenvalue weighted by Gasteiger charge is -2.34. The molecule has 9 heteroatoms. The fourth-order valence-corrected chi connectivity index (χ4v) is 8.99. The second kappa shape index (κ2) is 9.96. The summed E-state index contributed by atoms with van der Waals surface area (Å²) in [4.78, 5) is 18.7. The van der Waals surface area contributed by atoms with Gasteiger partial charge in [-0.05, 0) is 54.4 Å². The molecule has 8 rings (SSSR count). The van der Waals surface area contributed by atoms with Crippen molar-refractivity contribution in [3.8, 4) is 17.3 Å². The van der Waals surface area contributed by atoms with E-state index in [4.69, 9.17) is 21.3 Å². The molecule has 1 aliphatic carbocycles. The van der Waals surface area contributed by atoms with E-state index >= 15 is 4.39 Å². The van der Waals surface area contributed by atoms with Crippen LogP contribution in [0.4, 0.5) is 14.6 Å². The van der Waals surface area contributed by atoms with Gasteiger partial charge in [-0.15, -0.1) is 0 Å². The highest BCUT2D eigenvalue weighted by atomic mass is 35.5. The van der Waals surface area contributed by atoms with Crippen molar-refractivity contribution in [1.29, 1.82) is 0 Å². The molecule has 5 heterocycles. The molecule has 2 bridgehead atoms. The zero-order valence-electron chi connectivity index (χ0n) is 24.6. The molecule has 0 amide bonds. The maximum Gasteiger partial charge on any atom is 0.319 e. The van der Waals surface area contributed by atoms with Crippen LogP contribution >= 0.6 is 11.6 Å². The third-order valence-electron chi connectivity index (χ3n) is 10.2. The number of piperidine rings is 1. The first kappa shape index (κ1) is 27.4. The first-order valence-electron chi connectivity index (χ1n) is 15.5. The van der Waals surface area contributed by atoms with Crippen LogP contribution in [0.15, 0.2) is 42.6 Å². The molecule has 4 atom stereocenters. The zero-order chi connectivity index (χ0) is 29.5. The quantitative estimate of drug-likeness (QED) is 0.236. The van der Waals surface area contributed by atoms with Crippen LogP contribution in [-0.2, 0) is 0 Å². The number of pyridine rings is 1. The van der Waals surface area contributed by atoms with Gasteiger partial charge in [-0.1, -0.05) is 55.8 Å². The maximum absolute atomic E-state index is 16.7. The third-order valence-corrected chi connectivity index (χ3v) is 10.6. The van der Waals surface area contributed by atoms with E-state index in [1.807, 2.05) is 30.3 Å². The van der Waals surface area contributed by atoms with E-state index < -0.39 is 17.5 Å². The smallest absolute Gasteiger partial charge is 0.319 e. The molecule has 4 aromatic rings. The van der Waals surface area contributed by atoms with Crippen molar-refractivity contribution in [2.45, 2.75) is 57.7 Å². The Morgan fingerprint density at radius 3 is 2.60 bits per heavy atom. The second-order valence-electron chi connectivity index (χ2n) is 14.1. The normalized spacial score (nSPS) is 28.2. The standard InChI is InChI=1S/C34H36ClF2N5O/c1-33(2)17-34(12-23(36)16-42(34)18-33)19-43-32-39-30-25(31(40-32)41-14-20-9-10-21(11-20)15-41)13-38-29(28(30)37)24-7-3-5-22-6-4-8-26(35)27(22)24/h3-8,13,20-21,23H,9-12,14-19H2,1-2H3/t20?,21?,23-,34-/m1/s1. The fourth-order valence-electron chi connectivity index (χ4n) is 8.71. The van der Waals surface area contributed by atoms with E-state index in [-0.39, 0.29) is 29.2 Å². The number of hydrogen-bond acceptors (Lipinski definition) is 6. The molecule has 2 aromatic carbocycles. The predicted octanol–water partition coefficient (Wildman–Crippen LogP) is 7.47. The maximum atomic E-state index is 16.7. The van der Waals surface area contributed by atoms with E-state index in [1.165, 1.54) is 19.3 Å². The number of hydrogen-bond donors (Lipinski definition) is 0. The molecular weight excluding hydrogens is 568 g/mol. The summed E-state index contributed by atoms with van der Waals surface area (Å²) < 4.78 is 37.7. The van der Waals surface area contributed by atoms with Crippen LogP contribution in [-0.4, -0.2) is 64.3 Å². The highest BCUT2D eigenvalue weighted by Gasteiger charge is 2.55. The van der Waals surface area contributed by atoms with Crippen molar-refractivity contribution in [3.63, 3.8) is 0 Å². The van der Waals surface area contributed by atoms with Gasteiger partial charge in [0.05, 0.1) is 10.9 Å². The Balaban J connectivity index is 1.24. The summed E-state index contributed by atoms with van der Waals surface area (Å²) in [7, 11) is 0. The van der Waals surface area contributed by atoms with Gasteiger partial charge in [-0.25, -0.2) is 8.78 Å². The summed E-state index contributed by atoms with van der Waals surface area (Å²) in [5.41, 5.74) is 0.650. The third kappa shape index (κ3) is 4.63. The Morgan fingerprint density at radius 2 is 1.81 bits per heavy atom. The van der Waals surface area contributed by atoms with Crippen molar-refractivity contribution < 1.29 is 13.5 Å². The van der Waals surface area contributed by atoms with Crippen LogP contribution in [0, 0.1) is 23.1 Å². The molecule has 0 spiro atoms. The number of anilines is 1. The average molecular weight is 604 g/mol. The molecule has 0 N–H and O–H groups in total. The Kier molecular flexibility index (Phi) is 6.36. The minimum absolute atomic E-state index is 0.0678. The second-order valence-corrected chi connectivity index (χ2v) is 14.5. The summed E-state index contributed by atoms with van der Waals surface area (Å²) in [5, 5.41) is 2.78. The van der Waals surface area contributed by atoms with Gasteiger partial charge in [0.25, 0.3) is 0 Å². The fraction of sp³-hybridized carbons (Fsp3) is 0.500. The van der Waals surface area contributed by atoms with Crippen LogP contribution in [0.5, 0.6) is 6.01 Å². The number of rotatable bonds is 5. The number of nitrogens with zero attached hydrogens (tertiary/aromatic N) is 5. The Labute approximate surface area is 255 Å². The van der Waals surface area contributed by atoms with E-state index in [2.05, 4.69) is 33.6 Å². The molecule has 1 saturated carbocycles. The van der Waals surface area contributed by atoms with Crippen LogP contribution in [0.3, 0.4) is 0 Å². The minimum Gasteiger partial charge on any atom is -0.461 e. The molecule has 2 unspecified atom stereocenters. The summed E-state index contributed by atoms with van der Waals surface area (Å²) in [6.07, 6.45) is 5.74. The van der Waals surface area contributed by atoms with Gasteiger partial charge in [0.2, 0.25) is 0 Å². The van der Waals surface area contributed by atoms with Gasteiger partial charge in [-0.2, -0.15) is 9.97 Å². The predicted molar refractivity (Wildman–Crippen MR) is 166 cm³/mol. The van der Waals surface area contributed by atoms with E-state index in [9.17, 15) is 4.39 Å². The van der Waals surface area contributed by atoms with Crippen LogP contribution in [0.2, 0.25) is 5.02 Å². The van der Waals surface area contributed by atoms with Crippen molar-refractivity contribution >= 4 is 39.1 Å². The highest BCUT2D eigenvalue weighted by Crippen LogP contribution is 2.48. The lowest BCUT2D eigenvalue weighted by atomic mass is 9.82. The summed E-state index contributed by atoms with van der Waals surface area (Å²) in [5.74, 6) is 1.36. The van der Waals surface area contributed by atoms with Crippen LogP contribution in [0.25, 0.3) is 32.9 Å². The molecule has 6 nitrogen and oxygen atoms in total. The number of benzene rings is 2. The molecular formula is C34H36ClF2N5O. The number of alkyl halides is 1. The van der Waals surface area contributed by atoms with Crippen molar-refractivity contribution in [2.75, 3.05) is 37.7 Å². The van der Waals surface area contributed by atoms with Gasteiger partial charge in [0, 0.05) is 54.8 Å². The zero-order valence-corrected chi connectivity index (χ0v) is 25.4. The van der Waals surface area contributed by atoms with Gasteiger partial charge in [0.15, 0.2) is 5.82 Å². The molecule has 4 aliphatic rings. The summed E-state index contributed by atoms with van der Waals surface area (Å²) in [6, 6.07) is 11.5. The van der Waals surface area contributed by atoms with E-state index in [0.717, 1.165) is 36.8 Å². The van der Waals surface area contributed by atoms with Crippen molar-refractivity contribution in [2.24, 2.45) is 17.3 Å². The van der Waals surface area contributed by atoms with Gasteiger partial charge in [0.1, 0.15) is 29.8 Å². The number of fused-ring (bicyclic) bond motifs is 5. The Hall–Kier alpha value is -3.10. The van der Waals surface area contributed by atoms with Gasteiger partial charge >= 0.3 is 6.01 Å². The largest absolute Gasteiger partial charge is 0.461 e. The Morgan fingerprint density at radius 1 is 1.05 bits per heavy atom. The molecule has 4 fully saturated rings. The lowest BCUT2D eigenvalue weighted by Crippen LogP contribution is -2.43. The van der Waals surface area contributed by atoms with Gasteiger partial charge < -0.3 is 9.64 Å². The molecule has 3 aliphatic heterocycles. The first-order valence-corrected chi connectivity index (χ1v) is 15.9. The molecule has 43 heavy (non-hydrogen) atoms. The van der Waals surface area contributed by atoms with E-state index in [1.54, 1.807) is 12.3 Å². The monoisotopic (exact) mass is 603 g/mol. The van der Waals surface area contributed by atoms with Crippen molar-refractivity contribution in [3.05, 3.63) is 53.4 Å². The number of halogens is 3. The minimum atomic E-state index is -0.879. The average Bonchev–Trinajstić information content (AvgIpc) is 3.55. The first-order chi connectivity index (χ1) is 20.7. The molecule has 2 aromatic heterocycles. The molecule has 0 radical (unpaired) electrons. The SMILES string of the molecule is CC1(C)CN2C[C@H](F)C[C@]2(COc2nc(N3CC4CCC(C4)C3)c3cnc(-c4cccc5cccc(Cl)c45)c(F)c3n2)C1. The summed E-state index contributed by atoms with van der Waals surface area (Å²) in [6.45, 7) is 7.71. The summed E-state index contributed by atoms with van der Waals surface area (Å²) >= 11 is 6.61. The topological polar surface area (TPSA) is 54.4 Å². The molecule has 224 valence electrons. The number of ether oxygens (including phenoxy) is 1. The lowest BCUT2D eigenvalue weighted by molar-refractivity contribution is 0.107. The number of aromatic nitrogens is 3. The Bertz CT molecular complexity index is 1730. The van der Waals surface area contributed by atoms with Gasteiger partial charge in [-0.3, -0.25) is 9.88 Å². The van der Waals surface area contributed by atoms with Crippen molar-refractivity contribution in [1.82, 2.24) is 19.9 Å². The van der Waals surface area contributed by atoms with Crippen LogP contribution < -0.4 is 9.64 Å². The van der Waals surface area contributed by atoms with E-state index in [0.29, 0.717) is 46.6 Å². The highest BCUT2D eigenvalue weighted by molar-refractivity contribution is 6.36.